The summed E-state index contributed by atoms with van der Waals surface area (Å²) >= 11 is 1.74. The van der Waals surface area contributed by atoms with E-state index in [0.717, 1.165) is 36.9 Å². The number of thioether (sulfide) groups is 1. The SMILES string of the molecule is NC(=O)CCCNC1=NCCCS1. The fourth-order valence-corrected chi connectivity index (χ4v) is 1.88. The molecule has 4 nitrogen and oxygen atoms in total. The van der Waals surface area contributed by atoms with Crippen LogP contribution in [0.2, 0.25) is 0 Å². The molecular weight excluding hydrogens is 186 g/mol. The first-order valence-corrected chi connectivity index (χ1v) is 5.47. The Bertz CT molecular complexity index is 206. The second-order valence-corrected chi connectivity index (χ2v) is 3.97. The molecule has 0 spiro atoms. The van der Waals surface area contributed by atoms with Crippen molar-refractivity contribution < 1.29 is 4.79 Å². The molecule has 0 aliphatic carbocycles. The fraction of sp³-hybridized carbons (Fsp3) is 0.750. The summed E-state index contributed by atoms with van der Waals surface area (Å²) in [6.45, 7) is 1.71. The third-order valence-corrected chi connectivity index (χ3v) is 2.71. The van der Waals surface area contributed by atoms with Crippen LogP contribution in [0.4, 0.5) is 0 Å². The average molecular weight is 201 g/mol. The molecule has 0 aromatic heterocycles. The van der Waals surface area contributed by atoms with E-state index in [1.807, 2.05) is 0 Å². The number of nitrogens with zero attached hydrogens (tertiary/aromatic N) is 1. The van der Waals surface area contributed by atoms with Crippen LogP contribution in [0.15, 0.2) is 4.99 Å². The molecule has 0 fully saturated rings. The van der Waals surface area contributed by atoms with E-state index >= 15 is 0 Å². The van der Waals surface area contributed by atoms with Crippen LogP contribution in [-0.4, -0.2) is 29.9 Å². The van der Waals surface area contributed by atoms with Crippen molar-refractivity contribution in [3.8, 4) is 0 Å². The number of nitrogens with one attached hydrogen (secondary N) is 1. The molecule has 1 rings (SSSR count). The Balaban J connectivity index is 2.04. The standard InChI is InChI=1S/C8H15N3OS/c9-7(12)3-1-4-10-8-11-5-2-6-13-8/h1-6H2,(H2,9,12)(H,10,11). The van der Waals surface area contributed by atoms with E-state index in [-0.39, 0.29) is 5.91 Å². The van der Waals surface area contributed by atoms with E-state index in [9.17, 15) is 4.79 Å². The molecule has 0 radical (unpaired) electrons. The highest BCUT2D eigenvalue weighted by atomic mass is 32.2. The number of carbonyl (C=O) groups excluding carboxylic acids is 1. The Morgan fingerprint density at radius 1 is 1.69 bits per heavy atom. The van der Waals surface area contributed by atoms with Gasteiger partial charge in [-0.3, -0.25) is 9.79 Å². The van der Waals surface area contributed by atoms with Crippen LogP contribution in [0.1, 0.15) is 19.3 Å². The summed E-state index contributed by atoms with van der Waals surface area (Å²) in [5.74, 6) is 0.904. The van der Waals surface area contributed by atoms with Crippen molar-refractivity contribution in [1.29, 1.82) is 0 Å². The van der Waals surface area contributed by atoms with Gasteiger partial charge >= 0.3 is 0 Å². The predicted molar refractivity (Wildman–Crippen MR) is 55.8 cm³/mol. The van der Waals surface area contributed by atoms with E-state index in [2.05, 4.69) is 10.3 Å². The van der Waals surface area contributed by atoms with E-state index in [4.69, 9.17) is 5.73 Å². The molecule has 3 N–H and O–H groups in total. The van der Waals surface area contributed by atoms with Crippen LogP contribution < -0.4 is 11.1 Å². The predicted octanol–water partition coefficient (Wildman–Crippen LogP) is 0.334. The lowest BCUT2D eigenvalue weighted by Crippen LogP contribution is -2.25. The fourth-order valence-electron chi connectivity index (χ4n) is 1.02. The summed E-state index contributed by atoms with van der Waals surface area (Å²) in [5.41, 5.74) is 5.01. The van der Waals surface area contributed by atoms with Crippen molar-refractivity contribution in [2.75, 3.05) is 18.8 Å². The lowest BCUT2D eigenvalue weighted by atomic mass is 10.3. The summed E-state index contributed by atoms with van der Waals surface area (Å²) in [6, 6.07) is 0. The van der Waals surface area contributed by atoms with Crippen LogP contribution in [-0.2, 0) is 4.79 Å². The molecule has 1 heterocycles. The zero-order chi connectivity index (χ0) is 9.52. The number of primary amides is 1. The molecule has 13 heavy (non-hydrogen) atoms. The van der Waals surface area contributed by atoms with Crippen molar-refractivity contribution in [3.63, 3.8) is 0 Å². The Hall–Kier alpha value is -0.710. The van der Waals surface area contributed by atoms with Crippen molar-refractivity contribution in [2.45, 2.75) is 19.3 Å². The molecule has 0 aromatic rings. The maximum Gasteiger partial charge on any atom is 0.217 e. The molecule has 0 atom stereocenters. The largest absolute Gasteiger partial charge is 0.370 e. The molecule has 74 valence electrons. The highest BCUT2D eigenvalue weighted by molar-refractivity contribution is 8.13. The molecule has 0 saturated carbocycles. The van der Waals surface area contributed by atoms with Gasteiger partial charge in [0.25, 0.3) is 0 Å². The molecule has 0 unspecified atom stereocenters. The Morgan fingerprint density at radius 3 is 3.15 bits per heavy atom. The van der Waals surface area contributed by atoms with Crippen LogP contribution in [0.5, 0.6) is 0 Å². The van der Waals surface area contributed by atoms with Crippen LogP contribution in [0.25, 0.3) is 0 Å². The summed E-state index contributed by atoms with van der Waals surface area (Å²) in [7, 11) is 0. The van der Waals surface area contributed by atoms with Gasteiger partial charge in [0.15, 0.2) is 5.17 Å². The molecular formula is C8H15N3OS. The van der Waals surface area contributed by atoms with Gasteiger partial charge in [0, 0.05) is 25.3 Å². The monoisotopic (exact) mass is 201 g/mol. The number of nitrogens with two attached hydrogens (primary N) is 1. The summed E-state index contributed by atoms with van der Waals surface area (Å²) in [5, 5.41) is 4.19. The van der Waals surface area contributed by atoms with Gasteiger partial charge in [0.2, 0.25) is 5.91 Å². The summed E-state index contributed by atoms with van der Waals surface area (Å²) in [6.07, 6.45) is 2.40. The van der Waals surface area contributed by atoms with Gasteiger partial charge in [0.1, 0.15) is 0 Å². The molecule has 5 heteroatoms. The summed E-state index contributed by atoms with van der Waals surface area (Å²) in [4.78, 5) is 14.7. The summed E-state index contributed by atoms with van der Waals surface area (Å²) < 4.78 is 0. The first kappa shape index (κ1) is 10.4. The van der Waals surface area contributed by atoms with Crippen molar-refractivity contribution >= 4 is 22.8 Å². The highest BCUT2D eigenvalue weighted by Gasteiger charge is 2.04. The molecule has 0 bridgehead atoms. The molecule has 0 aromatic carbocycles. The number of aliphatic imine (C=N–C) groups is 1. The molecule has 0 saturated heterocycles. The molecule has 1 aliphatic heterocycles. The van der Waals surface area contributed by atoms with E-state index < -0.39 is 0 Å². The first-order valence-electron chi connectivity index (χ1n) is 4.48. The lowest BCUT2D eigenvalue weighted by molar-refractivity contribution is -0.118. The number of amidine groups is 1. The lowest BCUT2D eigenvalue weighted by Gasteiger charge is -2.12. The number of amides is 1. The van der Waals surface area contributed by atoms with Crippen LogP contribution in [0.3, 0.4) is 0 Å². The third kappa shape index (κ3) is 4.77. The normalized spacial score (nSPS) is 16.5. The minimum absolute atomic E-state index is 0.236. The Morgan fingerprint density at radius 2 is 2.54 bits per heavy atom. The second kappa shape index (κ2) is 5.85. The van der Waals surface area contributed by atoms with E-state index in [1.165, 1.54) is 0 Å². The number of rotatable bonds is 4. The van der Waals surface area contributed by atoms with Crippen molar-refractivity contribution in [1.82, 2.24) is 5.32 Å². The van der Waals surface area contributed by atoms with Gasteiger partial charge in [-0.05, 0) is 12.8 Å². The zero-order valence-corrected chi connectivity index (χ0v) is 8.40. The first-order chi connectivity index (χ1) is 6.29. The molecule has 1 aliphatic rings. The quantitative estimate of drug-likeness (QED) is 0.644. The number of carbonyl (C=O) groups is 1. The van der Waals surface area contributed by atoms with E-state index in [0.29, 0.717) is 6.42 Å². The minimum atomic E-state index is -0.236. The second-order valence-electron chi connectivity index (χ2n) is 2.89. The Kier molecular flexibility index (Phi) is 4.67. The highest BCUT2D eigenvalue weighted by Crippen LogP contribution is 2.09. The van der Waals surface area contributed by atoms with Gasteiger partial charge in [-0.25, -0.2) is 0 Å². The number of hydrogen-bond donors (Lipinski definition) is 2. The third-order valence-electron chi connectivity index (χ3n) is 1.67. The van der Waals surface area contributed by atoms with Crippen molar-refractivity contribution in [3.05, 3.63) is 0 Å². The van der Waals surface area contributed by atoms with Gasteiger partial charge in [-0.2, -0.15) is 0 Å². The van der Waals surface area contributed by atoms with Gasteiger partial charge in [0.05, 0.1) is 0 Å². The Labute approximate surface area is 82.4 Å². The number of hydrogen-bond acceptors (Lipinski definition) is 4. The topological polar surface area (TPSA) is 67.5 Å². The zero-order valence-electron chi connectivity index (χ0n) is 7.58. The average Bonchev–Trinajstić information content (AvgIpc) is 2.14. The van der Waals surface area contributed by atoms with Gasteiger partial charge in [-0.15, -0.1) is 0 Å². The van der Waals surface area contributed by atoms with Gasteiger partial charge in [-0.1, -0.05) is 11.8 Å². The van der Waals surface area contributed by atoms with Gasteiger partial charge < -0.3 is 11.1 Å². The van der Waals surface area contributed by atoms with E-state index in [1.54, 1.807) is 11.8 Å². The smallest absolute Gasteiger partial charge is 0.217 e. The van der Waals surface area contributed by atoms with Crippen molar-refractivity contribution in [2.24, 2.45) is 10.7 Å². The van der Waals surface area contributed by atoms with Crippen LogP contribution in [0, 0.1) is 0 Å². The minimum Gasteiger partial charge on any atom is -0.370 e. The molecule has 1 amide bonds. The maximum absolute atomic E-state index is 10.4. The van der Waals surface area contributed by atoms with Crippen LogP contribution >= 0.6 is 11.8 Å². The maximum atomic E-state index is 10.4.